The average molecular weight is 331 g/mol. The highest BCUT2D eigenvalue weighted by molar-refractivity contribution is 5.94. The number of pyridine rings is 1. The zero-order valence-corrected chi connectivity index (χ0v) is 14.6. The number of nitrogens with zero attached hydrogens (tertiary/aromatic N) is 3. The Bertz CT molecular complexity index is 616. The topological polar surface area (TPSA) is 62.7 Å². The molecule has 0 radical (unpaired) electrons. The van der Waals surface area contributed by atoms with Gasteiger partial charge in [0.05, 0.1) is 11.1 Å². The summed E-state index contributed by atoms with van der Waals surface area (Å²) in [5, 5.41) is 0. The van der Waals surface area contributed by atoms with Gasteiger partial charge in [0.1, 0.15) is 5.60 Å². The Morgan fingerprint density at radius 2 is 1.83 bits per heavy atom. The molecule has 6 nitrogen and oxygen atoms in total. The van der Waals surface area contributed by atoms with Crippen LogP contribution in [0.2, 0.25) is 0 Å². The van der Waals surface area contributed by atoms with E-state index in [1.807, 2.05) is 30.6 Å². The maximum atomic E-state index is 12.5. The molecule has 0 atom stereocenters. The van der Waals surface area contributed by atoms with Gasteiger partial charge in [-0.3, -0.25) is 9.78 Å². The molecule has 1 aromatic heterocycles. The molecule has 0 unspecified atom stereocenters. The molecule has 0 saturated carbocycles. The molecular formula is C18H25N3O3. The van der Waals surface area contributed by atoms with E-state index in [0.29, 0.717) is 18.7 Å². The number of carbonyl (C=O) groups excluding carboxylic acids is 2. The summed E-state index contributed by atoms with van der Waals surface area (Å²) >= 11 is 0. The van der Waals surface area contributed by atoms with Gasteiger partial charge in [-0.05, 0) is 52.2 Å². The normalized spacial score (nSPS) is 19.8. The summed E-state index contributed by atoms with van der Waals surface area (Å²) in [5.41, 5.74) is 0.00451. The third-order valence-corrected chi connectivity index (χ3v) is 4.88. The molecule has 2 fully saturated rings. The standard InChI is InChI=1S/C18H25N3O3/c1-17(2,3)24-16(23)21-12-8-18(21)6-10-20(11-7-18)15(22)14-5-4-9-19-13-14/h4-5,9,13H,6-8,10-12H2,1-3H3. The fourth-order valence-corrected chi connectivity index (χ4v) is 3.46. The lowest BCUT2D eigenvalue weighted by Gasteiger charge is -2.55. The Labute approximate surface area is 142 Å². The van der Waals surface area contributed by atoms with Crippen LogP contribution in [0.15, 0.2) is 24.5 Å². The zero-order chi connectivity index (χ0) is 17.4. The Morgan fingerprint density at radius 3 is 2.33 bits per heavy atom. The van der Waals surface area contributed by atoms with Crippen LogP contribution in [0.5, 0.6) is 0 Å². The predicted molar refractivity (Wildman–Crippen MR) is 89.7 cm³/mol. The van der Waals surface area contributed by atoms with Crippen LogP contribution in [0.3, 0.4) is 0 Å². The van der Waals surface area contributed by atoms with Gasteiger partial charge in [-0.25, -0.2) is 4.79 Å². The first-order chi connectivity index (χ1) is 11.3. The maximum absolute atomic E-state index is 12.5. The van der Waals surface area contributed by atoms with E-state index in [2.05, 4.69) is 4.98 Å². The molecule has 1 spiro atoms. The smallest absolute Gasteiger partial charge is 0.410 e. The fraction of sp³-hybridized carbons (Fsp3) is 0.611. The molecule has 24 heavy (non-hydrogen) atoms. The number of hydrogen-bond donors (Lipinski definition) is 0. The minimum Gasteiger partial charge on any atom is -0.444 e. The van der Waals surface area contributed by atoms with Crippen LogP contribution in [0, 0.1) is 0 Å². The minimum atomic E-state index is -0.481. The van der Waals surface area contributed by atoms with E-state index in [9.17, 15) is 9.59 Å². The first-order valence-corrected chi connectivity index (χ1v) is 8.51. The third kappa shape index (κ3) is 3.23. The first-order valence-electron chi connectivity index (χ1n) is 8.51. The molecule has 2 aliphatic heterocycles. The second-order valence-corrected chi connectivity index (χ2v) is 7.64. The van der Waals surface area contributed by atoms with Crippen LogP contribution in [0.4, 0.5) is 4.79 Å². The summed E-state index contributed by atoms with van der Waals surface area (Å²) < 4.78 is 5.51. The average Bonchev–Trinajstić information content (AvgIpc) is 2.52. The van der Waals surface area contributed by atoms with E-state index < -0.39 is 5.60 Å². The molecule has 0 aromatic carbocycles. The quantitative estimate of drug-likeness (QED) is 0.794. The van der Waals surface area contributed by atoms with Crippen LogP contribution in [-0.4, -0.2) is 57.6 Å². The number of ether oxygens (including phenoxy) is 1. The number of likely N-dealkylation sites (tertiary alicyclic amines) is 2. The van der Waals surface area contributed by atoms with Crippen LogP contribution >= 0.6 is 0 Å². The molecule has 0 aliphatic carbocycles. The molecule has 130 valence electrons. The van der Waals surface area contributed by atoms with E-state index in [-0.39, 0.29) is 17.5 Å². The number of aromatic nitrogens is 1. The molecule has 3 heterocycles. The summed E-state index contributed by atoms with van der Waals surface area (Å²) in [5.74, 6) is 0.0149. The number of amides is 2. The second kappa shape index (κ2) is 6.07. The van der Waals surface area contributed by atoms with Crippen LogP contribution in [-0.2, 0) is 4.74 Å². The highest BCUT2D eigenvalue weighted by Gasteiger charge is 2.50. The highest BCUT2D eigenvalue weighted by atomic mass is 16.6. The number of hydrogen-bond acceptors (Lipinski definition) is 4. The van der Waals surface area contributed by atoms with Gasteiger partial charge in [-0.1, -0.05) is 0 Å². The van der Waals surface area contributed by atoms with E-state index in [4.69, 9.17) is 4.74 Å². The Balaban J connectivity index is 1.60. The van der Waals surface area contributed by atoms with Crippen LogP contribution in [0.1, 0.15) is 50.4 Å². The van der Waals surface area contributed by atoms with Crippen LogP contribution in [0.25, 0.3) is 0 Å². The molecular weight excluding hydrogens is 306 g/mol. The number of piperidine rings is 1. The second-order valence-electron chi connectivity index (χ2n) is 7.64. The molecule has 2 aliphatic rings. The van der Waals surface area contributed by atoms with Crippen molar-refractivity contribution in [2.75, 3.05) is 19.6 Å². The van der Waals surface area contributed by atoms with Crippen molar-refractivity contribution in [1.82, 2.24) is 14.8 Å². The SMILES string of the molecule is CC(C)(C)OC(=O)N1CCC12CCN(C(=O)c1cccnc1)CC2. The third-order valence-electron chi connectivity index (χ3n) is 4.88. The maximum Gasteiger partial charge on any atom is 0.410 e. The van der Waals surface area contributed by atoms with Crippen molar-refractivity contribution in [2.24, 2.45) is 0 Å². The van der Waals surface area contributed by atoms with Gasteiger partial charge < -0.3 is 14.5 Å². The summed E-state index contributed by atoms with van der Waals surface area (Å²) in [6.07, 6.45) is 5.62. The van der Waals surface area contributed by atoms with Crippen molar-refractivity contribution in [3.8, 4) is 0 Å². The van der Waals surface area contributed by atoms with Gasteiger partial charge in [-0.2, -0.15) is 0 Å². The summed E-state index contributed by atoms with van der Waals surface area (Å²) in [6.45, 7) is 7.71. The van der Waals surface area contributed by atoms with Gasteiger partial charge in [0, 0.05) is 32.0 Å². The van der Waals surface area contributed by atoms with Crippen molar-refractivity contribution in [3.63, 3.8) is 0 Å². The van der Waals surface area contributed by atoms with Crippen molar-refractivity contribution < 1.29 is 14.3 Å². The van der Waals surface area contributed by atoms with Gasteiger partial charge >= 0.3 is 6.09 Å². The fourth-order valence-electron chi connectivity index (χ4n) is 3.46. The van der Waals surface area contributed by atoms with E-state index in [1.54, 1.807) is 24.5 Å². The largest absolute Gasteiger partial charge is 0.444 e. The molecule has 0 N–H and O–H groups in total. The number of carbonyl (C=O) groups is 2. The number of rotatable bonds is 1. The molecule has 1 aromatic rings. The molecule has 0 bridgehead atoms. The van der Waals surface area contributed by atoms with Crippen molar-refractivity contribution in [3.05, 3.63) is 30.1 Å². The summed E-state index contributed by atoms with van der Waals surface area (Å²) in [6, 6.07) is 3.56. The van der Waals surface area contributed by atoms with E-state index in [1.165, 1.54) is 0 Å². The van der Waals surface area contributed by atoms with Gasteiger partial charge in [-0.15, -0.1) is 0 Å². The first kappa shape index (κ1) is 16.7. The van der Waals surface area contributed by atoms with Crippen LogP contribution < -0.4 is 0 Å². The molecule has 2 saturated heterocycles. The Kier molecular flexibility index (Phi) is 4.24. The van der Waals surface area contributed by atoms with E-state index in [0.717, 1.165) is 25.8 Å². The molecule has 3 rings (SSSR count). The molecule has 6 heteroatoms. The molecule has 2 amide bonds. The highest BCUT2D eigenvalue weighted by Crippen LogP contribution is 2.41. The lowest BCUT2D eigenvalue weighted by atomic mass is 9.76. The lowest BCUT2D eigenvalue weighted by molar-refractivity contribution is -0.0660. The zero-order valence-electron chi connectivity index (χ0n) is 14.6. The van der Waals surface area contributed by atoms with Gasteiger partial charge in [0.25, 0.3) is 5.91 Å². The lowest BCUT2D eigenvalue weighted by Crippen LogP contribution is -2.66. The van der Waals surface area contributed by atoms with E-state index >= 15 is 0 Å². The van der Waals surface area contributed by atoms with Crippen molar-refractivity contribution in [2.45, 2.75) is 51.2 Å². The summed E-state index contributed by atoms with van der Waals surface area (Å²) in [4.78, 5) is 32.6. The minimum absolute atomic E-state index is 0.0149. The van der Waals surface area contributed by atoms with Gasteiger partial charge in [0.2, 0.25) is 0 Å². The van der Waals surface area contributed by atoms with Crippen molar-refractivity contribution in [1.29, 1.82) is 0 Å². The monoisotopic (exact) mass is 331 g/mol. The summed E-state index contributed by atoms with van der Waals surface area (Å²) in [7, 11) is 0. The van der Waals surface area contributed by atoms with Gasteiger partial charge in [0.15, 0.2) is 0 Å². The van der Waals surface area contributed by atoms with Crippen molar-refractivity contribution >= 4 is 12.0 Å². The Hall–Kier alpha value is -2.11. The predicted octanol–water partition coefficient (Wildman–Crippen LogP) is 2.70. The Morgan fingerprint density at radius 1 is 1.17 bits per heavy atom.